The highest BCUT2D eigenvalue weighted by molar-refractivity contribution is 5.81. The fraction of sp³-hybridized carbons (Fsp3) is 0.917. The Morgan fingerprint density at radius 1 is 1.29 bits per heavy atom. The molecule has 0 aliphatic carbocycles. The van der Waals surface area contributed by atoms with Gasteiger partial charge in [-0.05, 0) is 18.8 Å². The summed E-state index contributed by atoms with van der Waals surface area (Å²) in [5.74, 6) is 0.365. The lowest BCUT2D eigenvalue weighted by Gasteiger charge is -2.14. The normalized spacial score (nSPS) is 12.8. The predicted molar refractivity (Wildman–Crippen MR) is 67.8 cm³/mol. The van der Waals surface area contributed by atoms with Crippen LogP contribution in [-0.2, 0) is 14.3 Å². The van der Waals surface area contributed by atoms with E-state index < -0.39 is 6.04 Å². The standard InChI is InChI=1S/C12H26N2O3/c1-10(2)9-11(13)12(15)14-5-4-6-17-8-7-16-3/h10-11H,4-9,13H2,1-3H3,(H,14,15). The second-order valence-electron chi connectivity index (χ2n) is 4.49. The Morgan fingerprint density at radius 2 is 2.00 bits per heavy atom. The summed E-state index contributed by atoms with van der Waals surface area (Å²) in [5.41, 5.74) is 5.74. The van der Waals surface area contributed by atoms with Gasteiger partial charge in [0.2, 0.25) is 5.91 Å². The summed E-state index contributed by atoms with van der Waals surface area (Å²) in [6, 6.07) is -0.399. The molecule has 102 valence electrons. The highest BCUT2D eigenvalue weighted by Crippen LogP contribution is 2.02. The van der Waals surface area contributed by atoms with Gasteiger partial charge in [-0.25, -0.2) is 0 Å². The highest BCUT2D eigenvalue weighted by Gasteiger charge is 2.13. The van der Waals surface area contributed by atoms with Gasteiger partial charge in [0.1, 0.15) is 0 Å². The molecule has 0 saturated heterocycles. The second-order valence-corrected chi connectivity index (χ2v) is 4.49. The van der Waals surface area contributed by atoms with Gasteiger partial charge >= 0.3 is 0 Å². The first-order valence-corrected chi connectivity index (χ1v) is 6.18. The van der Waals surface area contributed by atoms with Gasteiger partial charge in [-0.1, -0.05) is 13.8 Å². The van der Waals surface area contributed by atoms with Crippen molar-refractivity contribution in [3.8, 4) is 0 Å². The molecule has 0 radical (unpaired) electrons. The highest BCUT2D eigenvalue weighted by atomic mass is 16.5. The average molecular weight is 246 g/mol. The summed E-state index contributed by atoms with van der Waals surface area (Å²) < 4.78 is 10.1. The monoisotopic (exact) mass is 246 g/mol. The minimum absolute atomic E-state index is 0.0735. The van der Waals surface area contributed by atoms with Crippen LogP contribution in [0.3, 0.4) is 0 Å². The molecule has 0 aromatic carbocycles. The van der Waals surface area contributed by atoms with E-state index in [0.717, 1.165) is 12.8 Å². The number of hydrogen-bond acceptors (Lipinski definition) is 4. The van der Waals surface area contributed by atoms with Crippen molar-refractivity contribution in [1.82, 2.24) is 5.32 Å². The minimum atomic E-state index is -0.399. The van der Waals surface area contributed by atoms with Gasteiger partial charge in [0.05, 0.1) is 19.3 Å². The fourth-order valence-electron chi connectivity index (χ4n) is 1.38. The van der Waals surface area contributed by atoms with E-state index in [2.05, 4.69) is 19.2 Å². The second kappa shape index (κ2) is 10.5. The van der Waals surface area contributed by atoms with E-state index in [1.165, 1.54) is 0 Å². The van der Waals surface area contributed by atoms with E-state index in [1.54, 1.807) is 7.11 Å². The van der Waals surface area contributed by atoms with Crippen molar-refractivity contribution in [2.75, 3.05) is 33.5 Å². The SMILES string of the molecule is COCCOCCCNC(=O)C(N)CC(C)C. The quantitative estimate of drug-likeness (QED) is 0.551. The lowest BCUT2D eigenvalue weighted by molar-refractivity contribution is -0.122. The zero-order chi connectivity index (χ0) is 13.1. The molecule has 0 aliphatic heterocycles. The summed E-state index contributed by atoms with van der Waals surface area (Å²) >= 11 is 0. The third-order valence-corrected chi connectivity index (χ3v) is 2.26. The molecule has 1 amide bonds. The first-order chi connectivity index (χ1) is 8.07. The molecule has 0 rings (SSSR count). The maximum atomic E-state index is 11.5. The number of ether oxygens (including phenoxy) is 2. The van der Waals surface area contributed by atoms with Gasteiger partial charge in [0.15, 0.2) is 0 Å². The molecular weight excluding hydrogens is 220 g/mol. The fourth-order valence-corrected chi connectivity index (χ4v) is 1.38. The zero-order valence-corrected chi connectivity index (χ0v) is 11.2. The van der Waals surface area contributed by atoms with Crippen molar-refractivity contribution in [3.05, 3.63) is 0 Å². The summed E-state index contributed by atoms with van der Waals surface area (Å²) in [6.45, 7) is 6.54. The topological polar surface area (TPSA) is 73.6 Å². The first kappa shape index (κ1) is 16.4. The molecule has 5 heteroatoms. The van der Waals surface area contributed by atoms with Gasteiger partial charge in [0.25, 0.3) is 0 Å². The number of amides is 1. The molecule has 5 nitrogen and oxygen atoms in total. The molecule has 17 heavy (non-hydrogen) atoms. The average Bonchev–Trinajstić information content (AvgIpc) is 2.26. The molecular formula is C12H26N2O3. The van der Waals surface area contributed by atoms with Gasteiger partial charge in [0, 0.05) is 20.3 Å². The molecule has 1 atom stereocenters. The van der Waals surface area contributed by atoms with Crippen LogP contribution in [-0.4, -0.2) is 45.4 Å². The number of methoxy groups -OCH3 is 1. The first-order valence-electron chi connectivity index (χ1n) is 6.18. The summed E-state index contributed by atoms with van der Waals surface area (Å²) in [5, 5.41) is 2.80. The maximum absolute atomic E-state index is 11.5. The van der Waals surface area contributed by atoms with E-state index in [4.69, 9.17) is 15.2 Å². The van der Waals surface area contributed by atoms with Gasteiger partial charge in [-0.3, -0.25) is 4.79 Å². The van der Waals surface area contributed by atoms with E-state index in [9.17, 15) is 4.79 Å². The van der Waals surface area contributed by atoms with Crippen LogP contribution in [0.1, 0.15) is 26.7 Å². The van der Waals surface area contributed by atoms with Crippen LogP contribution >= 0.6 is 0 Å². The molecule has 0 aromatic rings. The molecule has 3 N–H and O–H groups in total. The molecule has 0 saturated carbocycles. The Morgan fingerprint density at radius 3 is 2.59 bits per heavy atom. The van der Waals surface area contributed by atoms with E-state index in [-0.39, 0.29) is 5.91 Å². The van der Waals surface area contributed by atoms with E-state index in [0.29, 0.717) is 32.3 Å². The van der Waals surface area contributed by atoms with Crippen molar-refractivity contribution in [1.29, 1.82) is 0 Å². The zero-order valence-electron chi connectivity index (χ0n) is 11.2. The Labute approximate surface area is 104 Å². The largest absolute Gasteiger partial charge is 0.382 e. The van der Waals surface area contributed by atoms with Crippen LogP contribution in [0.2, 0.25) is 0 Å². The summed E-state index contributed by atoms with van der Waals surface area (Å²) in [7, 11) is 1.64. The maximum Gasteiger partial charge on any atom is 0.236 e. The van der Waals surface area contributed by atoms with Crippen molar-refractivity contribution >= 4 is 5.91 Å². The molecule has 0 aromatic heterocycles. The van der Waals surface area contributed by atoms with Crippen LogP contribution < -0.4 is 11.1 Å². The van der Waals surface area contributed by atoms with Crippen molar-refractivity contribution in [2.24, 2.45) is 11.7 Å². The van der Waals surface area contributed by atoms with Crippen molar-refractivity contribution < 1.29 is 14.3 Å². The number of nitrogens with two attached hydrogens (primary N) is 1. The smallest absolute Gasteiger partial charge is 0.236 e. The number of rotatable bonds is 10. The van der Waals surface area contributed by atoms with Crippen LogP contribution in [0.25, 0.3) is 0 Å². The third-order valence-electron chi connectivity index (χ3n) is 2.26. The Bertz CT molecular complexity index is 198. The van der Waals surface area contributed by atoms with Crippen LogP contribution in [0.4, 0.5) is 0 Å². The van der Waals surface area contributed by atoms with Crippen LogP contribution in [0, 0.1) is 5.92 Å². The number of carbonyl (C=O) groups excluding carboxylic acids is 1. The lowest BCUT2D eigenvalue weighted by Crippen LogP contribution is -2.41. The number of carbonyl (C=O) groups is 1. The number of nitrogens with one attached hydrogen (secondary N) is 1. The Kier molecular flexibility index (Phi) is 10.1. The Hall–Kier alpha value is -0.650. The summed E-state index contributed by atoms with van der Waals surface area (Å²) in [4.78, 5) is 11.5. The molecule has 0 bridgehead atoms. The predicted octanol–water partition coefficient (Wildman–Crippen LogP) is 0.529. The van der Waals surface area contributed by atoms with E-state index in [1.807, 2.05) is 0 Å². The molecule has 0 spiro atoms. The minimum Gasteiger partial charge on any atom is -0.382 e. The Balaban J connectivity index is 3.38. The molecule has 0 aliphatic rings. The third kappa shape index (κ3) is 10.2. The van der Waals surface area contributed by atoms with Gasteiger partial charge in [-0.2, -0.15) is 0 Å². The lowest BCUT2D eigenvalue weighted by atomic mass is 10.0. The van der Waals surface area contributed by atoms with Crippen molar-refractivity contribution in [3.63, 3.8) is 0 Å². The molecule has 1 unspecified atom stereocenters. The van der Waals surface area contributed by atoms with Crippen LogP contribution in [0.5, 0.6) is 0 Å². The van der Waals surface area contributed by atoms with Gasteiger partial charge < -0.3 is 20.5 Å². The summed E-state index contributed by atoms with van der Waals surface area (Å²) in [6.07, 6.45) is 1.51. The number of hydrogen-bond donors (Lipinski definition) is 2. The van der Waals surface area contributed by atoms with Gasteiger partial charge in [-0.15, -0.1) is 0 Å². The van der Waals surface area contributed by atoms with Crippen LogP contribution in [0.15, 0.2) is 0 Å². The van der Waals surface area contributed by atoms with Crippen molar-refractivity contribution in [2.45, 2.75) is 32.7 Å². The molecule has 0 fully saturated rings. The van der Waals surface area contributed by atoms with E-state index >= 15 is 0 Å². The molecule has 0 heterocycles.